The summed E-state index contributed by atoms with van der Waals surface area (Å²) in [7, 11) is -1.04. The van der Waals surface area contributed by atoms with Crippen LogP contribution in [0, 0.1) is 0 Å². The lowest BCUT2D eigenvalue weighted by Crippen LogP contribution is -2.24. The minimum Gasteiger partial charge on any atom is -0.329 e. The Bertz CT molecular complexity index is 326. The maximum atomic E-state index is 11.9. The molecule has 0 radical (unpaired) electrons. The van der Waals surface area contributed by atoms with Crippen LogP contribution in [0.2, 0.25) is 5.02 Å². The number of nitrogens with two attached hydrogens (primary N) is 1. The molecule has 4 heteroatoms. The first kappa shape index (κ1) is 11.7. The third-order valence-corrected chi connectivity index (χ3v) is 4.13. The minimum absolute atomic E-state index is 0.0217. The molecule has 1 aromatic rings. The van der Waals surface area contributed by atoms with Gasteiger partial charge in [-0.3, -0.25) is 4.21 Å². The van der Waals surface area contributed by atoms with Gasteiger partial charge in [-0.25, -0.2) is 0 Å². The van der Waals surface area contributed by atoms with E-state index < -0.39 is 10.8 Å². The van der Waals surface area contributed by atoms with Gasteiger partial charge in [-0.05, 0) is 24.6 Å². The van der Waals surface area contributed by atoms with Crippen molar-refractivity contribution in [2.24, 2.45) is 5.73 Å². The van der Waals surface area contributed by atoms with Crippen LogP contribution in [-0.2, 0) is 10.8 Å². The van der Waals surface area contributed by atoms with Crippen molar-refractivity contribution in [3.8, 4) is 0 Å². The Balaban J connectivity index is 2.88. The largest absolute Gasteiger partial charge is 0.329 e. The summed E-state index contributed by atoms with van der Waals surface area (Å²) in [4.78, 5) is 0.759. The molecule has 1 aromatic carbocycles. The summed E-state index contributed by atoms with van der Waals surface area (Å²) in [5.41, 5.74) is 5.53. The van der Waals surface area contributed by atoms with Gasteiger partial charge in [0.15, 0.2) is 0 Å². The van der Waals surface area contributed by atoms with Crippen molar-refractivity contribution in [1.29, 1.82) is 0 Å². The molecule has 2 N–H and O–H groups in total. The summed E-state index contributed by atoms with van der Waals surface area (Å²) in [6.07, 6.45) is 0.815. The van der Waals surface area contributed by atoms with E-state index in [4.69, 9.17) is 17.3 Å². The number of hydrogen-bond acceptors (Lipinski definition) is 2. The van der Waals surface area contributed by atoms with E-state index in [1.807, 2.05) is 13.0 Å². The molecule has 0 saturated carbocycles. The summed E-state index contributed by atoms with van der Waals surface area (Å²) >= 11 is 5.81. The molecule has 0 spiro atoms. The maximum Gasteiger partial charge on any atom is 0.0574 e. The number of benzene rings is 1. The lowest BCUT2D eigenvalue weighted by molar-refractivity contribution is 0.664. The minimum atomic E-state index is -1.04. The summed E-state index contributed by atoms with van der Waals surface area (Å²) in [6, 6.07) is 7.13. The van der Waals surface area contributed by atoms with E-state index >= 15 is 0 Å². The summed E-state index contributed by atoms with van der Waals surface area (Å²) in [5, 5.41) is 0.635. The Morgan fingerprint density at radius 2 is 2.29 bits per heavy atom. The number of hydrogen-bond donors (Lipinski definition) is 1. The average Bonchev–Trinajstić information content (AvgIpc) is 2.19. The molecular weight excluding hydrogens is 218 g/mol. The SMILES string of the molecule is CCC(CN)S(=O)c1cccc(Cl)c1. The van der Waals surface area contributed by atoms with Gasteiger partial charge in [-0.2, -0.15) is 0 Å². The fraction of sp³-hybridized carbons (Fsp3) is 0.400. The second-order valence-corrected chi connectivity index (χ2v) is 5.19. The Morgan fingerprint density at radius 1 is 1.57 bits per heavy atom. The first-order valence-electron chi connectivity index (χ1n) is 4.55. The zero-order valence-corrected chi connectivity index (χ0v) is 9.65. The second kappa shape index (κ2) is 5.49. The van der Waals surface area contributed by atoms with Crippen LogP contribution in [0.15, 0.2) is 29.2 Å². The van der Waals surface area contributed by atoms with Gasteiger partial charge in [0.2, 0.25) is 0 Å². The van der Waals surface area contributed by atoms with Crippen molar-refractivity contribution < 1.29 is 4.21 Å². The molecule has 0 saturated heterocycles. The fourth-order valence-corrected chi connectivity index (χ4v) is 2.76. The lowest BCUT2D eigenvalue weighted by Gasteiger charge is -2.11. The molecule has 14 heavy (non-hydrogen) atoms. The zero-order chi connectivity index (χ0) is 10.6. The molecule has 0 aliphatic heterocycles. The summed E-state index contributed by atoms with van der Waals surface area (Å²) in [5.74, 6) is 0. The monoisotopic (exact) mass is 231 g/mol. The Kier molecular flexibility index (Phi) is 4.58. The van der Waals surface area contributed by atoms with Crippen LogP contribution in [0.4, 0.5) is 0 Å². The topological polar surface area (TPSA) is 43.1 Å². The molecule has 0 bridgehead atoms. The highest BCUT2D eigenvalue weighted by atomic mass is 35.5. The molecule has 78 valence electrons. The van der Waals surface area contributed by atoms with Gasteiger partial charge in [0.05, 0.1) is 16.0 Å². The Hall–Kier alpha value is -0.380. The molecule has 2 atom stereocenters. The standard InChI is InChI=1S/C10H14ClNOS/c1-2-9(7-12)14(13)10-5-3-4-8(11)6-10/h3-6,9H,2,7,12H2,1H3. The molecule has 0 amide bonds. The molecule has 0 fully saturated rings. The second-order valence-electron chi connectivity index (χ2n) is 3.02. The van der Waals surface area contributed by atoms with Crippen molar-refractivity contribution in [2.75, 3.05) is 6.54 Å². The zero-order valence-electron chi connectivity index (χ0n) is 8.07. The average molecular weight is 232 g/mol. The highest BCUT2D eigenvalue weighted by Gasteiger charge is 2.14. The normalized spacial score (nSPS) is 15.1. The molecule has 2 unspecified atom stereocenters. The van der Waals surface area contributed by atoms with Crippen molar-refractivity contribution >= 4 is 22.4 Å². The van der Waals surface area contributed by atoms with Gasteiger partial charge in [-0.15, -0.1) is 0 Å². The highest BCUT2D eigenvalue weighted by Crippen LogP contribution is 2.17. The number of rotatable bonds is 4. The molecule has 0 aliphatic carbocycles. The molecule has 0 heterocycles. The first-order chi connectivity index (χ1) is 6.69. The van der Waals surface area contributed by atoms with E-state index in [1.165, 1.54) is 0 Å². The van der Waals surface area contributed by atoms with Crippen molar-refractivity contribution in [3.63, 3.8) is 0 Å². The van der Waals surface area contributed by atoms with Crippen LogP contribution in [-0.4, -0.2) is 16.0 Å². The lowest BCUT2D eigenvalue weighted by atomic mass is 10.3. The Morgan fingerprint density at radius 3 is 2.79 bits per heavy atom. The fourth-order valence-electron chi connectivity index (χ4n) is 1.19. The van der Waals surface area contributed by atoms with Crippen molar-refractivity contribution in [2.45, 2.75) is 23.5 Å². The Labute approximate surface area is 91.9 Å². The van der Waals surface area contributed by atoms with E-state index in [1.54, 1.807) is 18.2 Å². The summed E-state index contributed by atoms with van der Waals surface area (Å²) in [6.45, 7) is 2.43. The molecule has 1 rings (SSSR count). The van der Waals surface area contributed by atoms with Crippen LogP contribution in [0.25, 0.3) is 0 Å². The van der Waals surface area contributed by atoms with Gasteiger partial charge in [0, 0.05) is 16.5 Å². The third kappa shape index (κ3) is 2.80. The highest BCUT2D eigenvalue weighted by molar-refractivity contribution is 7.85. The van der Waals surface area contributed by atoms with E-state index in [0.717, 1.165) is 11.3 Å². The third-order valence-electron chi connectivity index (χ3n) is 2.05. The van der Waals surface area contributed by atoms with Gasteiger partial charge in [0.25, 0.3) is 0 Å². The van der Waals surface area contributed by atoms with E-state index in [2.05, 4.69) is 0 Å². The van der Waals surface area contributed by atoms with Crippen LogP contribution in [0.3, 0.4) is 0 Å². The molecule has 0 aromatic heterocycles. The van der Waals surface area contributed by atoms with Crippen molar-refractivity contribution in [1.82, 2.24) is 0 Å². The van der Waals surface area contributed by atoms with Crippen LogP contribution in [0.5, 0.6) is 0 Å². The van der Waals surface area contributed by atoms with Gasteiger partial charge >= 0.3 is 0 Å². The van der Waals surface area contributed by atoms with Gasteiger partial charge in [-0.1, -0.05) is 24.6 Å². The van der Waals surface area contributed by atoms with Crippen LogP contribution >= 0.6 is 11.6 Å². The van der Waals surface area contributed by atoms with Crippen molar-refractivity contribution in [3.05, 3.63) is 29.3 Å². The smallest absolute Gasteiger partial charge is 0.0574 e. The predicted octanol–water partition coefficient (Wildman–Crippen LogP) is 2.18. The molecule has 2 nitrogen and oxygen atoms in total. The van der Waals surface area contributed by atoms with E-state index in [0.29, 0.717) is 11.6 Å². The quantitative estimate of drug-likeness (QED) is 0.863. The molecular formula is C10H14ClNOS. The predicted molar refractivity (Wildman–Crippen MR) is 61.0 cm³/mol. The number of halogens is 1. The van der Waals surface area contributed by atoms with Crippen LogP contribution < -0.4 is 5.73 Å². The molecule has 0 aliphatic rings. The maximum absolute atomic E-state index is 11.9. The van der Waals surface area contributed by atoms with Crippen LogP contribution in [0.1, 0.15) is 13.3 Å². The first-order valence-corrected chi connectivity index (χ1v) is 6.14. The summed E-state index contributed by atoms with van der Waals surface area (Å²) < 4.78 is 11.9. The van der Waals surface area contributed by atoms with E-state index in [9.17, 15) is 4.21 Å². The van der Waals surface area contributed by atoms with E-state index in [-0.39, 0.29) is 5.25 Å². The van der Waals surface area contributed by atoms with Gasteiger partial charge < -0.3 is 5.73 Å². The van der Waals surface area contributed by atoms with Gasteiger partial charge in [0.1, 0.15) is 0 Å².